The second kappa shape index (κ2) is 10.7. The van der Waals surface area contributed by atoms with Crippen molar-refractivity contribution in [1.29, 1.82) is 0 Å². The Morgan fingerprint density at radius 1 is 0.391 bits per heavy atom. The van der Waals surface area contributed by atoms with Crippen molar-refractivity contribution < 1.29 is 0 Å². The molecule has 0 heterocycles. The molecule has 0 heteroatoms. The molecule has 1 aliphatic carbocycles. The summed E-state index contributed by atoms with van der Waals surface area (Å²) in [4.78, 5) is 0. The molecule has 0 aromatic heterocycles. The summed E-state index contributed by atoms with van der Waals surface area (Å²) in [7, 11) is 0. The first-order valence-electron chi connectivity index (χ1n) is 16.1. The molecule has 46 heavy (non-hydrogen) atoms. The van der Waals surface area contributed by atoms with E-state index < -0.39 is 0 Å². The average molecular weight is 585 g/mol. The van der Waals surface area contributed by atoms with Gasteiger partial charge >= 0.3 is 0 Å². The largest absolute Gasteiger partial charge is 0.0622 e. The molecular weight excluding hydrogens is 553 g/mol. The number of hydrogen-bond donors (Lipinski definition) is 0. The Morgan fingerprint density at radius 3 is 1.59 bits per heavy atom. The minimum Gasteiger partial charge on any atom is -0.0622 e. The van der Waals surface area contributed by atoms with Crippen molar-refractivity contribution in [1.82, 2.24) is 0 Å². The third-order valence-corrected chi connectivity index (χ3v) is 9.85. The lowest BCUT2D eigenvalue weighted by Crippen LogP contribution is -1.99. The first-order chi connectivity index (χ1) is 22.7. The van der Waals surface area contributed by atoms with Gasteiger partial charge < -0.3 is 0 Å². The molecule has 1 unspecified atom stereocenters. The second-order valence-electron chi connectivity index (χ2n) is 12.6. The summed E-state index contributed by atoms with van der Waals surface area (Å²) in [5, 5.41) is 7.67. The van der Waals surface area contributed by atoms with E-state index in [4.69, 9.17) is 0 Å². The molecule has 8 aromatic rings. The van der Waals surface area contributed by atoms with Crippen molar-refractivity contribution in [2.75, 3.05) is 0 Å². The van der Waals surface area contributed by atoms with Gasteiger partial charge in [-0.25, -0.2) is 0 Å². The fourth-order valence-corrected chi connectivity index (χ4v) is 7.73. The zero-order chi connectivity index (χ0) is 30.6. The first-order valence-corrected chi connectivity index (χ1v) is 16.1. The maximum atomic E-state index is 2.41. The van der Waals surface area contributed by atoms with Crippen LogP contribution in [0.2, 0.25) is 0 Å². The van der Waals surface area contributed by atoms with Gasteiger partial charge in [-0.15, -0.1) is 0 Å². The van der Waals surface area contributed by atoms with E-state index in [1.54, 1.807) is 0 Å². The SMILES string of the molecule is CC1=Cc2cc(-c3c4ccccc4c(-c4ccc(-c5ccc6ccccc6c5)cc4)c4ccccc34)ccc2C1c1ccccc1. The van der Waals surface area contributed by atoms with Crippen LogP contribution in [-0.2, 0) is 0 Å². The second-order valence-corrected chi connectivity index (χ2v) is 12.6. The Morgan fingerprint density at radius 2 is 0.913 bits per heavy atom. The molecule has 216 valence electrons. The number of benzene rings is 8. The van der Waals surface area contributed by atoms with E-state index in [-0.39, 0.29) is 0 Å². The van der Waals surface area contributed by atoms with E-state index in [1.807, 2.05) is 0 Å². The smallest absolute Gasteiger partial charge is 0.0305 e. The zero-order valence-corrected chi connectivity index (χ0v) is 25.7. The van der Waals surface area contributed by atoms with Gasteiger partial charge in [-0.3, -0.25) is 0 Å². The summed E-state index contributed by atoms with van der Waals surface area (Å²) in [6, 6.07) is 60.3. The third kappa shape index (κ3) is 4.30. The van der Waals surface area contributed by atoms with Crippen molar-refractivity contribution >= 4 is 38.4 Å². The molecule has 8 aromatic carbocycles. The van der Waals surface area contributed by atoms with E-state index in [2.05, 4.69) is 177 Å². The number of hydrogen-bond acceptors (Lipinski definition) is 0. The molecule has 0 N–H and O–H groups in total. The van der Waals surface area contributed by atoms with E-state index in [9.17, 15) is 0 Å². The molecule has 0 spiro atoms. The van der Waals surface area contributed by atoms with Crippen LogP contribution < -0.4 is 0 Å². The summed E-state index contributed by atoms with van der Waals surface area (Å²) < 4.78 is 0. The van der Waals surface area contributed by atoms with Crippen LogP contribution in [0.5, 0.6) is 0 Å². The highest BCUT2D eigenvalue weighted by Crippen LogP contribution is 2.46. The Balaban J connectivity index is 1.19. The lowest BCUT2D eigenvalue weighted by Gasteiger charge is -2.19. The van der Waals surface area contributed by atoms with E-state index in [0.717, 1.165) is 0 Å². The fraction of sp³-hybridized carbons (Fsp3) is 0.0435. The fourth-order valence-electron chi connectivity index (χ4n) is 7.73. The van der Waals surface area contributed by atoms with Gasteiger partial charge in [0.05, 0.1) is 0 Å². The molecule has 1 aliphatic rings. The summed E-state index contributed by atoms with van der Waals surface area (Å²) >= 11 is 0. The Hall–Kier alpha value is -5.72. The van der Waals surface area contributed by atoms with Crippen LogP contribution in [0.4, 0.5) is 0 Å². The van der Waals surface area contributed by atoms with Gasteiger partial charge in [0.25, 0.3) is 0 Å². The first kappa shape index (κ1) is 26.7. The van der Waals surface area contributed by atoms with Gasteiger partial charge in [0.2, 0.25) is 0 Å². The molecule has 9 rings (SSSR count). The topological polar surface area (TPSA) is 0 Å². The molecule has 0 radical (unpaired) electrons. The standard InChI is InChI=1S/C46H32/c1-30-27-38-29-37(25-26-39(38)44(30)33-12-3-2-4-13-33)46-42-17-9-7-15-40(42)45(41-16-8-10-18-43(41)46)34-22-19-32(20-23-34)36-24-21-31-11-5-6-14-35(31)28-36/h2-29,44H,1H3. The van der Waals surface area contributed by atoms with Crippen molar-refractivity contribution in [2.24, 2.45) is 0 Å². The molecule has 0 bridgehead atoms. The average Bonchev–Trinajstić information content (AvgIpc) is 3.45. The van der Waals surface area contributed by atoms with Crippen LogP contribution in [0, 0.1) is 0 Å². The highest BCUT2D eigenvalue weighted by Gasteiger charge is 2.25. The van der Waals surface area contributed by atoms with Gasteiger partial charge in [-0.05, 0) is 101 Å². The molecule has 0 saturated carbocycles. The molecular formula is C46H32. The lowest BCUT2D eigenvalue weighted by atomic mass is 9.84. The Kier molecular flexibility index (Phi) is 6.21. The predicted molar refractivity (Wildman–Crippen MR) is 197 cm³/mol. The summed E-state index contributed by atoms with van der Waals surface area (Å²) in [6.07, 6.45) is 2.38. The minimum atomic E-state index is 0.318. The Labute approximate surface area is 269 Å². The molecule has 1 atom stereocenters. The van der Waals surface area contributed by atoms with Crippen LogP contribution in [-0.4, -0.2) is 0 Å². The highest BCUT2D eigenvalue weighted by atomic mass is 14.3. The van der Waals surface area contributed by atoms with Crippen molar-refractivity contribution in [2.45, 2.75) is 12.8 Å². The summed E-state index contributed by atoms with van der Waals surface area (Å²) in [5.41, 5.74) is 13.0. The summed E-state index contributed by atoms with van der Waals surface area (Å²) in [5.74, 6) is 0.318. The Bertz CT molecular complexity index is 2400. The predicted octanol–water partition coefficient (Wildman–Crippen LogP) is 12.7. The van der Waals surface area contributed by atoms with Gasteiger partial charge in [0.15, 0.2) is 0 Å². The van der Waals surface area contributed by atoms with E-state index >= 15 is 0 Å². The maximum absolute atomic E-state index is 2.41. The molecule has 0 saturated heterocycles. The van der Waals surface area contributed by atoms with Gasteiger partial charge in [0, 0.05) is 5.92 Å². The van der Waals surface area contributed by atoms with Crippen LogP contribution in [0.25, 0.3) is 71.8 Å². The number of rotatable bonds is 4. The van der Waals surface area contributed by atoms with Crippen molar-refractivity contribution in [3.63, 3.8) is 0 Å². The van der Waals surface area contributed by atoms with Gasteiger partial charge in [-0.2, -0.15) is 0 Å². The van der Waals surface area contributed by atoms with Gasteiger partial charge in [-0.1, -0.05) is 163 Å². The van der Waals surface area contributed by atoms with Crippen LogP contribution in [0.15, 0.2) is 169 Å². The minimum absolute atomic E-state index is 0.318. The van der Waals surface area contributed by atoms with E-state index in [0.29, 0.717) is 5.92 Å². The third-order valence-electron chi connectivity index (χ3n) is 9.85. The number of fused-ring (bicyclic) bond motifs is 4. The zero-order valence-electron chi connectivity index (χ0n) is 25.7. The van der Waals surface area contributed by atoms with Crippen LogP contribution in [0.1, 0.15) is 29.5 Å². The lowest BCUT2D eigenvalue weighted by molar-refractivity contribution is 0.977. The molecule has 0 aliphatic heterocycles. The van der Waals surface area contributed by atoms with Crippen molar-refractivity contribution in [3.05, 3.63) is 186 Å². The van der Waals surface area contributed by atoms with Crippen LogP contribution >= 0.6 is 0 Å². The monoisotopic (exact) mass is 584 g/mol. The van der Waals surface area contributed by atoms with Crippen molar-refractivity contribution in [3.8, 4) is 33.4 Å². The summed E-state index contributed by atoms with van der Waals surface area (Å²) in [6.45, 7) is 2.27. The molecule has 0 amide bonds. The van der Waals surface area contributed by atoms with E-state index in [1.165, 1.54) is 88.0 Å². The quantitative estimate of drug-likeness (QED) is 0.181. The molecule has 0 nitrogen and oxygen atoms in total. The number of allylic oxidation sites excluding steroid dienone is 1. The highest BCUT2D eigenvalue weighted by molar-refractivity contribution is 6.21. The normalized spacial score (nSPS) is 14.1. The molecule has 0 fully saturated rings. The maximum Gasteiger partial charge on any atom is 0.0305 e. The van der Waals surface area contributed by atoms with Gasteiger partial charge in [0.1, 0.15) is 0 Å². The van der Waals surface area contributed by atoms with Crippen LogP contribution in [0.3, 0.4) is 0 Å².